The van der Waals surface area contributed by atoms with Gasteiger partial charge in [-0.25, -0.2) is 4.98 Å². The normalized spacial score (nSPS) is 10.3. The topological polar surface area (TPSA) is 34.9 Å². The fourth-order valence-electron chi connectivity index (χ4n) is 1.43. The van der Waals surface area contributed by atoms with Gasteiger partial charge >= 0.3 is 0 Å². The molecular weight excluding hydrogens is 176 g/mol. The minimum absolute atomic E-state index is 0.0453. The summed E-state index contributed by atoms with van der Waals surface area (Å²) in [6.45, 7) is 4.11. The van der Waals surface area contributed by atoms with Gasteiger partial charge in [-0.1, -0.05) is 6.08 Å². The van der Waals surface area contributed by atoms with Crippen LogP contribution in [0.15, 0.2) is 47.9 Å². The van der Waals surface area contributed by atoms with Crippen molar-refractivity contribution in [2.24, 2.45) is 0 Å². The maximum Gasteiger partial charge on any atom is 0.252 e. The number of hydrogen-bond donors (Lipinski definition) is 0. The first kappa shape index (κ1) is 8.69. The van der Waals surface area contributed by atoms with E-state index < -0.39 is 0 Å². The van der Waals surface area contributed by atoms with Gasteiger partial charge in [0.05, 0.1) is 0 Å². The van der Waals surface area contributed by atoms with Crippen LogP contribution in [-0.2, 0) is 6.54 Å². The van der Waals surface area contributed by atoms with Crippen LogP contribution in [0.2, 0.25) is 0 Å². The maximum absolute atomic E-state index is 11.5. The highest BCUT2D eigenvalue weighted by Gasteiger charge is 2.00. The smallest absolute Gasteiger partial charge is 0.252 e. The molecule has 3 nitrogen and oxygen atoms in total. The largest absolute Gasteiger partial charge is 0.289 e. The van der Waals surface area contributed by atoms with Gasteiger partial charge < -0.3 is 0 Å². The third kappa shape index (κ3) is 1.33. The quantitative estimate of drug-likeness (QED) is 0.667. The molecule has 2 aromatic heterocycles. The van der Waals surface area contributed by atoms with E-state index in [1.807, 2.05) is 12.1 Å². The zero-order valence-corrected chi connectivity index (χ0v) is 7.68. The summed E-state index contributed by atoms with van der Waals surface area (Å²) in [6.07, 6.45) is 3.37. The number of fused-ring (bicyclic) bond motifs is 1. The maximum atomic E-state index is 11.5. The van der Waals surface area contributed by atoms with Crippen molar-refractivity contribution in [1.29, 1.82) is 0 Å². The molecule has 2 rings (SSSR count). The number of nitrogens with zero attached hydrogens (tertiary/aromatic N) is 2. The lowest BCUT2D eigenvalue weighted by molar-refractivity contribution is 0.805. The van der Waals surface area contributed by atoms with Crippen molar-refractivity contribution in [1.82, 2.24) is 9.55 Å². The van der Waals surface area contributed by atoms with Crippen LogP contribution in [0.25, 0.3) is 11.0 Å². The van der Waals surface area contributed by atoms with Gasteiger partial charge in [0.25, 0.3) is 5.56 Å². The average molecular weight is 186 g/mol. The predicted molar refractivity (Wildman–Crippen MR) is 56.2 cm³/mol. The average Bonchev–Trinajstić information content (AvgIpc) is 2.23. The minimum Gasteiger partial charge on any atom is -0.289 e. The molecule has 14 heavy (non-hydrogen) atoms. The molecule has 0 N–H and O–H groups in total. The van der Waals surface area contributed by atoms with Crippen LogP contribution in [0.5, 0.6) is 0 Å². The highest BCUT2D eigenvalue weighted by Crippen LogP contribution is 2.07. The van der Waals surface area contributed by atoms with Gasteiger partial charge in [-0.05, 0) is 18.2 Å². The summed E-state index contributed by atoms with van der Waals surface area (Å²) in [5.74, 6) is 0. The van der Waals surface area contributed by atoms with E-state index in [1.54, 1.807) is 29.0 Å². The Labute approximate surface area is 81.3 Å². The summed E-state index contributed by atoms with van der Waals surface area (Å²) in [5.41, 5.74) is 0.663. The Morgan fingerprint density at radius 3 is 3.07 bits per heavy atom. The van der Waals surface area contributed by atoms with E-state index in [0.29, 0.717) is 12.2 Å². The van der Waals surface area contributed by atoms with Crippen LogP contribution in [0, 0.1) is 0 Å². The molecule has 0 saturated carbocycles. The standard InChI is InChI=1S/C11H10N2O/c1-2-8-13-10(14)6-5-9-4-3-7-12-11(9)13/h2-7H,1,8H2. The van der Waals surface area contributed by atoms with Crippen molar-refractivity contribution < 1.29 is 0 Å². The summed E-state index contributed by atoms with van der Waals surface area (Å²) < 4.78 is 1.60. The van der Waals surface area contributed by atoms with E-state index >= 15 is 0 Å². The van der Waals surface area contributed by atoms with E-state index in [-0.39, 0.29) is 5.56 Å². The molecule has 0 aliphatic rings. The monoisotopic (exact) mass is 186 g/mol. The second-order valence-electron chi connectivity index (χ2n) is 2.99. The highest BCUT2D eigenvalue weighted by molar-refractivity contribution is 5.74. The number of allylic oxidation sites excluding steroid dienone is 1. The zero-order chi connectivity index (χ0) is 9.97. The molecule has 0 radical (unpaired) electrons. The molecule has 0 fully saturated rings. The zero-order valence-electron chi connectivity index (χ0n) is 7.68. The van der Waals surface area contributed by atoms with Gasteiger partial charge in [0.2, 0.25) is 0 Å². The summed E-state index contributed by atoms with van der Waals surface area (Å²) in [5, 5.41) is 0.967. The van der Waals surface area contributed by atoms with Crippen molar-refractivity contribution in [3.05, 3.63) is 53.5 Å². The van der Waals surface area contributed by atoms with Gasteiger partial charge in [-0.2, -0.15) is 0 Å². The van der Waals surface area contributed by atoms with Crippen molar-refractivity contribution >= 4 is 11.0 Å². The van der Waals surface area contributed by atoms with Gasteiger partial charge in [-0.15, -0.1) is 6.58 Å². The third-order valence-electron chi connectivity index (χ3n) is 2.06. The molecule has 2 heterocycles. The second-order valence-corrected chi connectivity index (χ2v) is 2.99. The SMILES string of the molecule is C=CCn1c(=O)ccc2cccnc21. The van der Waals surface area contributed by atoms with Crippen LogP contribution in [0.1, 0.15) is 0 Å². The van der Waals surface area contributed by atoms with E-state index in [4.69, 9.17) is 0 Å². The molecule has 0 spiro atoms. The lowest BCUT2D eigenvalue weighted by Gasteiger charge is -2.05. The van der Waals surface area contributed by atoms with Gasteiger partial charge in [0, 0.05) is 24.2 Å². The Kier molecular flexibility index (Phi) is 2.14. The fraction of sp³-hybridized carbons (Fsp3) is 0.0909. The van der Waals surface area contributed by atoms with Gasteiger partial charge in [0.15, 0.2) is 0 Å². The lowest BCUT2D eigenvalue weighted by Crippen LogP contribution is -2.19. The van der Waals surface area contributed by atoms with Crippen LogP contribution < -0.4 is 5.56 Å². The summed E-state index contributed by atoms with van der Waals surface area (Å²) >= 11 is 0. The number of pyridine rings is 2. The van der Waals surface area contributed by atoms with Crippen molar-refractivity contribution in [3.63, 3.8) is 0 Å². The Bertz CT molecular complexity index is 528. The molecule has 0 amide bonds. The van der Waals surface area contributed by atoms with Gasteiger partial charge in [0.1, 0.15) is 5.65 Å². The molecule has 0 bridgehead atoms. The fourth-order valence-corrected chi connectivity index (χ4v) is 1.43. The Balaban J connectivity index is 2.82. The second kappa shape index (κ2) is 3.46. The van der Waals surface area contributed by atoms with Crippen molar-refractivity contribution in [3.8, 4) is 0 Å². The molecule has 0 aromatic carbocycles. The van der Waals surface area contributed by atoms with Crippen molar-refractivity contribution in [2.75, 3.05) is 0 Å². The Hall–Kier alpha value is -1.90. The Morgan fingerprint density at radius 1 is 1.43 bits per heavy atom. The van der Waals surface area contributed by atoms with Crippen molar-refractivity contribution in [2.45, 2.75) is 6.54 Å². The number of aromatic nitrogens is 2. The summed E-state index contributed by atoms with van der Waals surface area (Å²) in [7, 11) is 0. The Morgan fingerprint density at radius 2 is 2.29 bits per heavy atom. The molecule has 70 valence electrons. The van der Waals surface area contributed by atoms with E-state index in [2.05, 4.69) is 11.6 Å². The first-order valence-corrected chi connectivity index (χ1v) is 4.38. The summed E-state index contributed by atoms with van der Waals surface area (Å²) in [4.78, 5) is 15.7. The number of hydrogen-bond acceptors (Lipinski definition) is 2. The molecule has 0 saturated heterocycles. The summed E-state index contributed by atoms with van der Waals surface area (Å²) in [6, 6.07) is 7.12. The first-order chi connectivity index (χ1) is 6.83. The first-order valence-electron chi connectivity index (χ1n) is 4.38. The minimum atomic E-state index is -0.0453. The van der Waals surface area contributed by atoms with E-state index in [0.717, 1.165) is 5.39 Å². The van der Waals surface area contributed by atoms with Gasteiger partial charge in [-0.3, -0.25) is 9.36 Å². The number of rotatable bonds is 2. The van der Waals surface area contributed by atoms with Crippen LogP contribution in [0.3, 0.4) is 0 Å². The van der Waals surface area contributed by atoms with Crippen LogP contribution in [-0.4, -0.2) is 9.55 Å². The highest BCUT2D eigenvalue weighted by atomic mass is 16.1. The molecule has 0 atom stereocenters. The molecular formula is C11H10N2O. The van der Waals surface area contributed by atoms with E-state index in [1.165, 1.54) is 0 Å². The van der Waals surface area contributed by atoms with Crippen LogP contribution in [0.4, 0.5) is 0 Å². The predicted octanol–water partition coefficient (Wildman–Crippen LogP) is 1.58. The van der Waals surface area contributed by atoms with Crippen LogP contribution >= 0.6 is 0 Å². The third-order valence-corrected chi connectivity index (χ3v) is 2.06. The molecule has 0 aliphatic heterocycles. The molecule has 0 aliphatic carbocycles. The molecule has 2 aromatic rings. The molecule has 0 unspecified atom stereocenters. The van der Waals surface area contributed by atoms with E-state index in [9.17, 15) is 4.79 Å². The lowest BCUT2D eigenvalue weighted by atomic mass is 10.3. The molecule has 3 heteroatoms.